The molecule has 1 aromatic rings. The van der Waals surface area contributed by atoms with E-state index in [-0.39, 0.29) is 30.0 Å². The summed E-state index contributed by atoms with van der Waals surface area (Å²) in [6, 6.07) is 6.40. The number of halogens is 1. The van der Waals surface area contributed by atoms with E-state index in [2.05, 4.69) is 5.32 Å². The summed E-state index contributed by atoms with van der Waals surface area (Å²) in [6.07, 6.45) is 0. The molecule has 0 spiro atoms. The standard InChI is InChI=1S/C14H23N3O3S.ClH/c1-10(2)14(3,9-15)17-13(18)12-6-4-5-11(7-12)8-21(16,19)20;/h4-7,10H,8-9,15H2,1-3H3,(H,17,18)(H2,16,19,20);1H. The minimum Gasteiger partial charge on any atom is -0.345 e. The first kappa shape index (κ1) is 20.9. The highest BCUT2D eigenvalue weighted by Crippen LogP contribution is 2.16. The Morgan fingerprint density at radius 2 is 1.95 bits per heavy atom. The smallest absolute Gasteiger partial charge is 0.251 e. The van der Waals surface area contributed by atoms with Gasteiger partial charge in [-0.3, -0.25) is 4.79 Å². The molecule has 1 amide bonds. The van der Waals surface area contributed by atoms with E-state index in [1.165, 1.54) is 6.07 Å². The SMILES string of the molecule is CC(C)C(C)(CN)NC(=O)c1cccc(CS(N)(=O)=O)c1.Cl. The third kappa shape index (κ3) is 5.92. The van der Waals surface area contributed by atoms with Crippen molar-refractivity contribution in [1.82, 2.24) is 5.32 Å². The van der Waals surface area contributed by atoms with Crippen LogP contribution in [-0.4, -0.2) is 26.4 Å². The van der Waals surface area contributed by atoms with Gasteiger partial charge in [0.1, 0.15) is 0 Å². The Labute approximate surface area is 138 Å². The normalized spacial score (nSPS) is 14.1. The second-order valence-corrected chi connectivity index (χ2v) is 7.35. The predicted molar refractivity (Wildman–Crippen MR) is 90.3 cm³/mol. The maximum atomic E-state index is 12.3. The minimum atomic E-state index is -3.62. The van der Waals surface area contributed by atoms with Gasteiger partial charge in [-0.1, -0.05) is 26.0 Å². The van der Waals surface area contributed by atoms with Crippen LogP contribution in [0.1, 0.15) is 36.7 Å². The van der Waals surface area contributed by atoms with Crippen molar-refractivity contribution < 1.29 is 13.2 Å². The lowest BCUT2D eigenvalue weighted by molar-refractivity contribution is 0.0883. The molecule has 6 nitrogen and oxygen atoms in total. The third-order valence-corrected chi connectivity index (χ3v) is 4.39. The maximum Gasteiger partial charge on any atom is 0.251 e. The number of carbonyl (C=O) groups is 1. The summed E-state index contributed by atoms with van der Waals surface area (Å²) in [5.41, 5.74) is 6.08. The molecule has 0 aromatic heterocycles. The monoisotopic (exact) mass is 349 g/mol. The van der Waals surface area contributed by atoms with Gasteiger partial charge < -0.3 is 11.1 Å². The number of benzene rings is 1. The number of hydrogen-bond donors (Lipinski definition) is 3. The van der Waals surface area contributed by atoms with Crippen molar-refractivity contribution in [3.8, 4) is 0 Å². The van der Waals surface area contributed by atoms with Crippen LogP contribution in [-0.2, 0) is 15.8 Å². The Morgan fingerprint density at radius 3 is 2.41 bits per heavy atom. The summed E-state index contributed by atoms with van der Waals surface area (Å²) in [7, 11) is -3.62. The van der Waals surface area contributed by atoms with Crippen molar-refractivity contribution in [1.29, 1.82) is 0 Å². The van der Waals surface area contributed by atoms with Gasteiger partial charge in [0.2, 0.25) is 10.0 Å². The highest BCUT2D eigenvalue weighted by atomic mass is 35.5. The highest BCUT2D eigenvalue weighted by molar-refractivity contribution is 7.88. The molecule has 0 saturated heterocycles. The molecule has 1 atom stereocenters. The Bertz CT molecular complexity index is 620. The zero-order valence-corrected chi connectivity index (χ0v) is 14.6. The van der Waals surface area contributed by atoms with Gasteiger partial charge in [0, 0.05) is 12.1 Å². The van der Waals surface area contributed by atoms with Crippen LogP contribution in [0.2, 0.25) is 0 Å². The fourth-order valence-corrected chi connectivity index (χ4v) is 2.44. The number of nitrogens with one attached hydrogen (secondary N) is 1. The number of sulfonamides is 1. The van der Waals surface area contributed by atoms with Gasteiger partial charge in [-0.05, 0) is 30.5 Å². The number of primary sulfonamides is 1. The van der Waals surface area contributed by atoms with Crippen molar-refractivity contribution in [3.63, 3.8) is 0 Å². The van der Waals surface area contributed by atoms with Crippen molar-refractivity contribution in [2.24, 2.45) is 16.8 Å². The van der Waals surface area contributed by atoms with Crippen molar-refractivity contribution in [3.05, 3.63) is 35.4 Å². The van der Waals surface area contributed by atoms with Crippen LogP contribution in [0.4, 0.5) is 0 Å². The average Bonchev–Trinajstić information content (AvgIpc) is 2.36. The average molecular weight is 350 g/mol. The molecule has 0 aliphatic heterocycles. The highest BCUT2D eigenvalue weighted by Gasteiger charge is 2.28. The van der Waals surface area contributed by atoms with E-state index in [4.69, 9.17) is 10.9 Å². The molecule has 0 bridgehead atoms. The summed E-state index contributed by atoms with van der Waals surface area (Å²) in [5, 5.41) is 7.92. The van der Waals surface area contributed by atoms with E-state index in [1.54, 1.807) is 18.2 Å². The Balaban J connectivity index is 0.00000441. The molecule has 0 radical (unpaired) electrons. The van der Waals surface area contributed by atoms with Crippen LogP contribution in [0.25, 0.3) is 0 Å². The Morgan fingerprint density at radius 1 is 1.36 bits per heavy atom. The second-order valence-electron chi connectivity index (χ2n) is 5.74. The first-order valence-corrected chi connectivity index (χ1v) is 8.41. The van der Waals surface area contributed by atoms with E-state index >= 15 is 0 Å². The van der Waals surface area contributed by atoms with Gasteiger partial charge in [0.05, 0.1) is 11.3 Å². The largest absolute Gasteiger partial charge is 0.345 e. The Kier molecular flexibility index (Phi) is 7.50. The maximum absolute atomic E-state index is 12.3. The molecule has 0 fully saturated rings. The first-order valence-electron chi connectivity index (χ1n) is 6.69. The van der Waals surface area contributed by atoms with Gasteiger partial charge in [-0.25, -0.2) is 13.6 Å². The Hall–Kier alpha value is -1.15. The predicted octanol–water partition coefficient (Wildman–Crippen LogP) is 1.00. The van der Waals surface area contributed by atoms with Crippen molar-refractivity contribution in [2.45, 2.75) is 32.1 Å². The molecule has 1 rings (SSSR count). The molecule has 126 valence electrons. The molecule has 0 heterocycles. The van der Waals surface area contributed by atoms with E-state index in [9.17, 15) is 13.2 Å². The molecular formula is C14H24ClN3O3S. The molecular weight excluding hydrogens is 326 g/mol. The van der Waals surface area contributed by atoms with Gasteiger partial charge in [-0.15, -0.1) is 12.4 Å². The fourth-order valence-electron chi connectivity index (χ4n) is 1.80. The third-order valence-electron chi connectivity index (χ3n) is 3.65. The van der Waals surface area contributed by atoms with Crippen molar-refractivity contribution in [2.75, 3.05) is 6.54 Å². The number of hydrogen-bond acceptors (Lipinski definition) is 4. The van der Waals surface area contributed by atoms with Crippen LogP contribution in [0.3, 0.4) is 0 Å². The molecule has 1 unspecified atom stereocenters. The molecule has 8 heteroatoms. The summed E-state index contributed by atoms with van der Waals surface area (Å²) in [6.45, 7) is 6.14. The quantitative estimate of drug-likeness (QED) is 0.710. The summed E-state index contributed by atoms with van der Waals surface area (Å²) in [5.74, 6) is -0.418. The lowest BCUT2D eigenvalue weighted by Gasteiger charge is -2.33. The minimum absolute atomic E-state index is 0. The number of amides is 1. The number of rotatable bonds is 6. The van der Waals surface area contributed by atoms with E-state index < -0.39 is 15.6 Å². The number of carbonyl (C=O) groups excluding carboxylic acids is 1. The van der Waals surface area contributed by atoms with Gasteiger partial charge >= 0.3 is 0 Å². The van der Waals surface area contributed by atoms with Gasteiger partial charge in [0.25, 0.3) is 5.91 Å². The first-order chi connectivity index (χ1) is 9.57. The van der Waals surface area contributed by atoms with E-state index in [1.807, 2.05) is 20.8 Å². The van der Waals surface area contributed by atoms with Crippen LogP contribution >= 0.6 is 12.4 Å². The lowest BCUT2D eigenvalue weighted by atomic mass is 9.88. The lowest BCUT2D eigenvalue weighted by Crippen LogP contribution is -2.55. The summed E-state index contributed by atoms with van der Waals surface area (Å²) >= 11 is 0. The topological polar surface area (TPSA) is 115 Å². The van der Waals surface area contributed by atoms with Crippen LogP contribution < -0.4 is 16.2 Å². The summed E-state index contributed by atoms with van der Waals surface area (Å²) in [4.78, 5) is 12.3. The molecule has 0 aliphatic rings. The van der Waals surface area contributed by atoms with Gasteiger partial charge in [-0.2, -0.15) is 0 Å². The molecule has 5 N–H and O–H groups in total. The van der Waals surface area contributed by atoms with Crippen LogP contribution in [0.15, 0.2) is 24.3 Å². The summed E-state index contributed by atoms with van der Waals surface area (Å²) < 4.78 is 22.2. The van der Waals surface area contributed by atoms with E-state index in [0.29, 0.717) is 17.7 Å². The van der Waals surface area contributed by atoms with Crippen molar-refractivity contribution >= 4 is 28.3 Å². The van der Waals surface area contributed by atoms with Gasteiger partial charge in [0.15, 0.2) is 0 Å². The molecule has 0 aliphatic carbocycles. The fraction of sp³-hybridized carbons (Fsp3) is 0.500. The van der Waals surface area contributed by atoms with E-state index in [0.717, 1.165) is 0 Å². The zero-order chi connectivity index (χ0) is 16.3. The molecule has 22 heavy (non-hydrogen) atoms. The van der Waals surface area contributed by atoms with Crippen LogP contribution in [0.5, 0.6) is 0 Å². The molecule has 0 saturated carbocycles. The zero-order valence-electron chi connectivity index (χ0n) is 13.0. The number of nitrogens with two attached hydrogens (primary N) is 2. The molecule has 1 aromatic carbocycles. The van der Waals surface area contributed by atoms with Crippen LogP contribution in [0, 0.1) is 5.92 Å². The second kappa shape index (κ2) is 7.92.